The van der Waals surface area contributed by atoms with E-state index < -0.39 is 0 Å². The number of nitrogens with zero attached hydrogens (tertiary/aromatic N) is 3. The zero-order valence-corrected chi connectivity index (χ0v) is 17.3. The Labute approximate surface area is 172 Å². The maximum Gasteiger partial charge on any atom is 0.325 e. The van der Waals surface area contributed by atoms with Crippen molar-refractivity contribution in [2.75, 3.05) is 25.2 Å². The molecular weight excluding hydrogens is 366 g/mol. The fourth-order valence-electron chi connectivity index (χ4n) is 4.56. The molecule has 1 saturated heterocycles. The molecule has 6 nitrogen and oxygen atoms in total. The summed E-state index contributed by atoms with van der Waals surface area (Å²) in [4.78, 5) is 21.7. The van der Waals surface area contributed by atoms with Crippen LogP contribution in [0.3, 0.4) is 0 Å². The summed E-state index contributed by atoms with van der Waals surface area (Å²) < 4.78 is 10.7. The van der Waals surface area contributed by atoms with Crippen molar-refractivity contribution < 1.29 is 14.3 Å². The van der Waals surface area contributed by atoms with Crippen molar-refractivity contribution in [1.29, 1.82) is 0 Å². The molecule has 0 N–H and O–H groups in total. The minimum atomic E-state index is -0.103. The lowest BCUT2D eigenvalue weighted by Crippen LogP contribution is -2.48. The molecule has 2 amide bonds. The van der Waals surface area contributed by atoms with Crippen LogP contribution in [0.25, 0.3) is 0 Å². The number of carbonyl (C=O) groups excluding carboxylic acids is 1. The Bertz CT molecular complexity index is 829. The van der Waals surface area contributed by atoms with E-state index in [9.17, 15) is 4.79 Å². The Hall–Kier alpha value is -2.76. The summed E-state index contributed by atoms with van der Waals surface area (Å²) in [5, 5.41) is 0. The summed E-state index contributed by atoms with van der Waals surface area (Å²) in [5.74, 6) is 1.42. The van der Waals surface area contributed by atoms with Crippen molar-refractivity contribution in [2.45, 2.75) is 51.1 Å². The van der Waals surface area contributed by atoms with Gasteiger partial charge in [0.1, 0.15) is 5.75 Å². The number of benzene rings is 1. The molecule has 1 aliphatic carbocycles. The number of urea groups is 1. The maximum atomic E-state index is 13.5. The lowest BCUT2D eigenvalue weighted by Gasteiger charge is -2.40. The van der Waals surface area contributed by atoms with Crippen LogP contribution >= 0.6 is 0 Å². The third-order valence-corrected chi connectivity index (χ3v) is 6.09. The topological polar surface area (TPSA) is 54.9 Å². The Kier molecular flexibility index (Phi) is 5.60. The van der Waals surface area contributed by atoms with Gasteiger partial charge in [-0.2, -0.15) is 0 Å². The Morgan fingerprint density at radius 1 is 1.07 bits per heavy atom. The largest absolute Gasteiger partial charge is 0.494 e. The predicted molar refractivity (Wildman–Crippen MR) is 113 cm³/mol. The summed E-state index contributed by atoms with van der Waals surface area (Å²) in [6.07, 6.45) is 7.42. The summed E-state index contributed by atoms with van der Waals surface area (Å²) in [5.41, 5.74) is 1.85. The fourth-order valence-corrected chi connectivity index (χ4v) is 4.56. The van der Waals surface area contributed by atoms with Gasteiger partial charge in [0.25, 0.3) is 0 Å². The van der Waals surface area contributed by atoms with Gasteiger partial charge in [0.15, 0.2) is 0 Å². The van der Waals surface area contributed by atoms with E-state index in [2.05, 4.69) is 22.0 Å². The molecule has 6 heteroatoms. The first kappa shape index (κ1) is 19.6. The number of pyridine rings is 1. The van der Waals surface area contributed by atoms with Gasteiger partial charge in [-0.3, -0.25) is 4.90 Å². The number of methoxy groups -OCH3 is 1. The van der Waals surface area contributed by atoms with Gasteiger partial charge in [-0.25, -0.2) is 9.78 Å². The number of aromatic nitrogens is 1. The van der Waals surface area contributed by atoms with Crippen LogP contribution in [0, 0.1) is 0 Å². The number of hydrogen-bond donors (Lipinski definition) is 0. The van der Waals surface area contributed by atoms with Crippen molar-refractivity contribution in [3.05, 3.63) is 48.2 Å². The molecule has 2 fully saturated rings. The van der Waals surface area contributed by atoms with Crippen LogP contribution in [-0.4, -0.2) is 41.7 Å². The molecule has 4 rings (SSSR count). The highest BCUT2D eigenvalue weighted by molar-refractivity contribution is 5.95. The van der Waals surface area contributed by atoms with Crippen LogP contribution in [-0.2, 0) is 6.54 Å². The number of carbonyl (C=O) groups is 1. The van der Waals surface area contributed by atoms with E-state index in [1.165, 1.54) is 19.3 Å². The van der Waals surface area contributed by atoms with Crippen molar-refractivity contribution in [2.24, 2.45) is 0 Å². The Morgan fingerprint density at radius 2 is 1.83 bits per heavy atom. The minimum Gasteiger partial charge on any atom is -0.494 e. The second-order valence-electron chi connectivity index (χ2n) is 7.88. The van der Waals surface area contributed by atoms with Crippen molar-refractivity contribution in [3.63, 3.8) is 0 Å². The van der Waals surface area contributed by atoms with Gasteiger partial charge in [-0.05, 0) is 43.5 Å². The van der Waals surface area contributed by atoms with Gasteiger partial charge in [0.2, 0.25) is 5.88 Å². The van der Waals surface area contributed by atoms with Gasteiger partial charge in [-0.15, -0.1) is 0 Å². The number of ether oxygens (including phenoxy) is 2. The van der Waals surface area contributed by atoms with E-state index in [0.717, 1.165) is 36.4 Å². The molecule has 2 aromatic rings. The second-order valence-corrected chi connectivity index (χ2v) is 7.88. The maximum absolute atomic E-state index is 13.5. The van der Waals surface area contributed by atoms with Crippen molar-refractivity contribution in [3.8, 4) is 11.6 Å². The van der Waals surface area contributed by atoms with Crippen LogP contribution in [0.15, 0.2) is 42.6 Å². The molecule has 154 valence electrons. The molecule has 0 unspecified atom stereocenters. The number of amides is 2. The molecular formula is C23H29N3O3. The molecule has 2 heterocycles. The smallest absolute Gasteiger partial charge is 0.325 e. The van der Waals surface area contributed by atoms with Gasteiger partial charge < -0.3 is 14.4 Å². The fraction of sp³-hybridized carbons (Fsp3) is 0.478. The molecule has 0 radical (unpaired) electrons. The van der Waals surface area contributed by atoms with E-state index in [4.69, 9.17) is 9.47 Å². The van der Waals surface area contributed by atoms with Crippen molar-refractivity contribution >= 4 is 11.7 Å². The molecule has 1 aromatic heterocycles. The molecule has 1 spiro atoms. The molecule has 0 atom stereocenters. The van der Waals surface area contributed by atoms with Crippen LogP contribution in [0.4, 0.5) is 10.5 Å². The standard InChI is InChI=1S/C23H29N3O3/c1-3-29-20-10-7-18(8-11-20)16-26-22(27)25(17-23(26)13-5-4-6-14-23)19-9-12-21(28-2)24-15-19/h7-12,15H,3-6,13-14,16-17H2,1-2H3. The average Bonchev–Trinajstić information content (AvgIpc) is 3.02. The summed E-state index contributed by atoms with van der Waals surface area (Å²) in [6, 6.07) is 11.9. The normalized spacial score (nSPS) is 18.3. The van der Waals surface area contributed by atoms with Gasteiger partial charge in [-0.1, -0.05) is 31.4 Å². The molecule has 1 aliphatic heterocycles. The quantitative estimate of drug-likeness (QED) is 0.715. The first-order valence-electron chi connectivity index (χ1n) is 10.5. The summed E-state index contributed by atoms with van der Waals surface area (Å²) >= 11 is 0. The monoisotopic (exact) mass is 395 g/mol. The zero-order chi connectivity index (χ0) is 20.3. The van der Waals surface area contributed by atoms with Gasteiger partial charge in [0, 0.05) is 12.6 Å². The van der Waals surface area contributed by atoms with E-state index in [1.54, 1.807) is 13.3 Å². The minimum absolute atomic E-state index is 0.0627. The van der Waals surface area contributed by atoms with E-state index in [-0.39, 0.29) is 11.6 Å². The zero-order valence-electron chi connectivity index (χ0n) is 17.3. The van der Waals surface area contributed by atoms with Gasteiger partial charge in [0.05, 0.1) is 37.7 Å². The Morgan fingerprint density at radius 3 is 2.45 bits per heavy atom. The van der Waals surface area contributed by atoms with Crippen LogP contribution in [0.5, 0.6) is 11.6 Å². The molecule has 1 aromatic carbocycles. The summed E-state index contributed by atoms with van der Waals surface area (Å²) in [6.45, 7) is 3.96. The van der Waals surface area contributed by atoms with Crippen LogP contribution in [0.1, 0.15) is 44.6 Å². The van der Waals surface area contributed by atoms with Crippen LogP contribution in [0.2, 0.25) is 0 Å². The predicted octanol–water partition coefficient (Wildman–Crippen LogP) is 4.63. The molecule has 0 bridgehead atoms. The molecule has 29 heavy (non-hydrogen) atoms. The lowest BCUT2D eigenvalue weighted by molar-refractivity contribution is 0.113. The summed E-state index contributed by atoms with van der Waals surface area (Å²) in [7, 11) is 1.60. The van der Waals surface area contributed by atoms with E-state index in [1.807, 2.05) is 36.1 Å². The van der Waals surface area contributed by atoms with Crippen LogP contribution < -0.4 is 14.4 Å². The first-order valence-corrected chi connectivity index (χ1v) is 10.5. The Balaban J connectivity index is 1.59. The van der Waals surface area contributed by atoms with Crippen molar-refractivity contribution in [1.82, 2.24) is 9.88 Å². The third-order valence-electron chi connectivity index (χ3n) is 6.09. The number of rotatable bonds is 6. The number of anilines is 1. The highest BCUT2D eigenvalue weighted by atomic mass is 16.5. The first-order chi connectivity index (χ1) is 14.1. The van der Waals surface area contributed by atoms with Gasteiger partial charge >= 0.3 is 6.03 Å². The number of hydrogen-bond acceptors (Lipinski definition) is 4. The SMILES string of the molecule is CCOc1ccc(CN2C(=O)N(c3ccc(OC)nc3)CC23CCCCC3)cc1. The molecule has 2 aliphatic rings. The van der Waals surface area contributed by atoms with E-state index in [0.29, 0.717) is 19.0 Å². The third kappa shape index (κ3) is 3.88. The van der Waals surface area contributed by atoms with E-state index >= 15 is 0 Å². The lowest BCUT2D eigenvalue weighted by atomic mass is 9.81. The average molecular weight is 396 g/mol. The second kappa shape index (κ2) is 8.31. The molecule has 1 saturated carbocycles. The highest BCUT2D eigenvalue weighted by Crippen LogP contribution is 2.42. The highest BCUT2D eigenvalue weighted by Gasteiger charge is 2.50.